The molecule has 0 unspecified atom stereocenters. The number of amidine groups is 1. The van der Waals surface area contributed by atoms with Crippen molar-refractivity contribution in [2.75, 3.05) is 12.8 Å². The molecule has 0 spiro atoms. The highest BCUT2D eigenvalue weighted by molar-refractivity contribution is 7.80. The van der Waals surface area contributed by atoms with Crippen LogP contribution in [-0.2, 0) is 40.3 Å². The number of hydroxylamine groups is 2. The number of benzene rings is 1. The number of oxime groups is 1. The molecular formula is C31H42N8O10S2. The van der Waals surface area contributed by atoms with Crippen molar-refractivity contribution >= 4 is 56.2 Å². The molecular weight excluding hydrogens is 709 g/mol. The number of anilines is 1. The summed E-state index contributed by atoms with van der Waals surface area (Å²) in [6, 6.07) is 4.52. The van der Waals surface area contributed by atoms with Gasteiger partial charge in [0.2, 0.25) is 0 Å². The number of carbonyl (C=O) groups excluding carboxylic acids is 2. The van der Waals surface area contributed by atoms with Gasteiger partial charge in [0, 0.05) is 17.0 Å². The second-order valence-electron chi connectivity index (χ2n) is 13.4. The summed E-state index contributed by atoms with van der Waals surface area (Å²) in [5, 5.41) is 21.8. The van der Waals surface area contributed by atoms with Crippen LogP contribution in [0.1, 0.15) is 76.1 Å². The van der Waals surface area contributed by atoms with Crippen molar-refractivity contribution < 1.29 is 46.3 Å². The molecule has 1 aromatic carbocycles. The number of nitrogens with zero attached hydrogens (tertiary/aromatic N) is 4. The maximum absolute atomic E-state index is 13.5. The summed E-state index contributed by atoms with van der Waals surface area (Å²) < 4.78 is 41.9. The lowest BCUT2D eigenvalue weighted by molar-refractivity contribution is -0.218. The van der Waals surface area contributed by atoms with E-state index in [-0.39, 0.29) is 23.3 Å². The first-order valence-corrected chi connectivity index (χ1v) is 18.5. The van der Waals surface area contributed by atoms with Crippen molar-refractivity contribution in [3.63, 3.8) is 0 Å². The fourth-order valence-electron chi connectivity index (χ4n) is 6.32. The molecule has 1 saturated carbocycles. The summed E-state index contributed by atoms with van der Waals surface area (Å²) in [4.78, 5) is 53.3. The van der Waals surface area contributed by atoms with Gasteiger partial charge in [0.05, 0.1) is 11.6 Å². The number of aryl methyl sites for hydroxylation is 1. The first kappa shape index (κ1) is 37.9. The lowest BCUT2D eigenvalue weighted by Gasteiger charge is -2.50. The number of rotatable bonds is 12. The van der Waals surface area contributed by atoms with E-state index in [9.17, 15) is 27.9 Å². The molecule has 278 valence electrons. The topological polar surface area (TPSA) is 270 Å². The van der Waals surface area contributed by atoms with Crippen LogP contribution in [0.5, 0.6) is 5.75 Å². The number of nitrogen functional groups attached to an aromatic ring is 1. The van der Waals surface area contributed by atoms with Crippen LogP contribution >= 0.6 is 11.3 Å². The first-order chi connectivity index (χ1) is 23.9. The van der Waals surface area contributed by atoms with Crippen molar-refractivity contribution in [1.82, 2.24) is 20.7 Å². The zero-order valence-electron chi connectivity index (χ0n) is 28.5. The Morgan fingerprint density at radius 1 is 1.24 bits per heavy atom. The number of nitrogens with two attached hydrogens (primary N) is 2. The molecule has 1 aromatic heterocycles. The minimum Gasteiger partial charge on any atom is -0.485 e. The second-order valence-corrected chi connectivity index (χ2v) is 15.2. The molecule has 2 aromatic rings. The molecule has 5 rings (SSSR count). The molecule has 3 heterocycles. The molecule has 5 atom stereocenters. The molecule has 2 amide bonds. The lowest BCUT2D eigenvalue weighted by atomic mass is 9.84. The zero-order valence-corrected chi connectivity index (χ0v) is 30.1. The second kappa shape index (κ2) is 14.7. The SMILES string of the molecule is CN[C@H]1CCCC[C@H](N=C(N)c2ccc3c(c2)CC[C@H]([C@](C)(O/N=C(\C(=O)N[C@@H]2C(=O)N(OS(=O)(=O)O)C2(C)C)c2csc(N)n2)C(=O)O)O3)C1. The van der Waals surface area contributed by atoms with E-state index in [2.05, 4.69) is 25.1 Å². The van der Waals surface area contributed by atoms with Crippen molar-refractivity contribution in [3.05, 3.63) is 40.4 Å². The Labute approximate surface area is 298 Å². The van der Waals surface area contributed by atoms with Gasteiger partial charge in [-0.15, -0.1) is 15.6 Å². The van der Waals surface area contributed by atoms with Crippen LogP contribution in [0.3, 0.4) is 0 Å². The molecule has 2 aliphatic heterocycles. The van der Waals surface area contributed by atoms with Crippen LogP contribution in [0, 0.1) is 0 Å². The summed E-state index contributed by atoms with van der Waals surface area (Å²) >= 11 is 0.970. The average molecular weight is 751 g/mol. The van der Waals surface area contributed by atoms with Gasteiger partial charge in [0.25, 0.3) is 17.4 Å². The molecule has 1 saturated heterocycles. The monoisotopic (exact) mass is 750 g/mol. The first-order valence-electron chi connectivity index (χ1n) is 16.3. The molecule has 0 radical (unpaired) electrons. The van der Waals surface area contributed by atoms with Gasteiger partial charge in [-0.05, 0) is 83.7 Å². The Hall–Kier alpha value is -4.37. The third-order valence-electron chi connectivity index (χ3n) is 9.39. The van der Waals surface area contributed by atoms with Gasteiger partial charge in [-0.25, -0.2) is 9.78 Å². The number of amides is 2. The van der Waals surface area contributed by atoms with Crippen LogP contribution in [-0.4, -0.2) is 99.9 Å². The molecule has 1 aliphatic carbocycles. The number of carboxylic acids is 1. The Morgan fingerprint density at radius 2 is 1.96 bits per heavy atom. The lowest BCUT2D eigenvalue weighted by Crippen LogP contribution is -2.76. The van der Waals surface area contributed by atoms with Gasteiger partial charge in [-0.2, -0.15) is 13.5 Å². The van der Waals surface area contributed by atoms with Gasteiger partial charge in [0.1, 0.15) is 23.3 Å². The summed E-state index contributed by atoms with van der Waals surface area (Å²) in [7, 11) is -3.07. The maximum Gasteiger partial charge on any atom is 0.418 e. The number of carboxylic acid groups (broad SMARTS) is 1. The van der Waals surface area contributed by atoms with Crippen molar-refractivity contribution in [3.8, 4) is 5.75 Å². The van der Waals surface area contributed by atoms with Crippen LogP contribution < -0.4 is 26.8 Å². The van der Waals surface area contributed by atoms with Gasteiger partial charge in [-0.1, -0.05) is 18.0 Å². The largest absolute Gasteiger partial charge is 0.485 e. The van der Waals surface area contributed by atoms with E-state index >= 15 is 0 Å². The van der Waals surface area contributed by atoms with Gasteiger partial charge in [0.15, 0.2) is 16.9 Å². The number of hydrogen-bond donors (Lipinski definition) is 6. The molecule has 3 aliphatic rings. The third-order valence-corrected chi connectivity index (χ3v) is 10.4. The molecule has 51 heavy (non-hydrogen) atoms. The predicted octanol–water partition coefficient (Wildman–Crippen LogP) is 1.15. The summed E-state index contributed by atoms with van der Waals surface area (Å²) in [6.45, 7) is 4.01. The number of aromatic nitrogens is 1. The maximum atomic E-state index is 13.5. The standard InChI is InChI=1S/C31H42N8O10S2/c1-30(2)24(27(41)39(30)49-51(44,45)46)37-26(40)23(20-15-50-29(33)36-20)38-48-31(3,28(42)43)22-12-10-16-13-17(9-11-21(16)47-22)25(32)35-19-8-6-5-7-18(14-19)34-4/h9,11,13,15,18-19,22,24,34H,5-8,10,12,14H2,1-4H3,(H2,32,35)(H2,33,36)(H,37,40)(H,42,43)(H,44,45,46)/b38-23-/t18-,19-,22+,24+,31-/m0/s1. The number of carbonyl (C=O) groups is 3. The van der Waals surface area contributed by atoms with Crippen molar-refractivity contribution in [1.29, 1.82) is 0 Å². The number of ether oxygens (including phenoxy) is 1. The highest BCUT2D eigenvalue weighted by Crippen LogP contribution is 2.36. The Morgan fingerprint density at radius 3 is 2.59 bits per heavy atom. The molecule has 2 fully saturated rings. The van der Waals surface area contributed by atoms with Gasteiger partial charge >= 0.3 is 16.4 Å². The Kier molecular flexibility index (Phi) is 10.9. The van der Waals surface area contributed by atoms with E-state index in [1.165, 1.54) is 26.2 Å². The number of aliphatic carboxylic acids is 1. The molecule has 18 nitrogen and oxygen atoms in total. The average Bonchev–Trinajstić information content (AvgIpc) is 3.37. The third kappa shape index (κ3) is 8.25. The van der Waals surface area contributed by atoms with Gasteiger partial charge in [-0.3, -0.25) is 19.1 Å². The molecule has 20 heteroatoms. The fraction of sp³-hybridized carbons (Fsp3) is 0.548. The number of thiazole rings is 1. The van der Waals surface area contributed by atoms with Gasteiger partial charge < -0.3 is 36.8 Å². The van der Waals surface area contributed by atoms with E-state index in [4.69, 9.17) is 30.6 Å². The molecule has 0 bridgehead atoms. The van der Waals surface area contributed by atoms with E-state index in [0.29, 0.717) is 29.1 Å². The Bertz CT molecular complexity index is 1850. The zero-order chi connectivity index (χ0) is 37.3. The number of nitrogens with one attached hydrogen (secondary N) is 2. The van der Waals surface area contributed by atoms with Crippen LogP contribution in [0.25, 0.3) is 0 Å². The van der Waals surface area contributed by atoms with Crippen molar-refractivity contribution in [2.24, 2.45) is 15.9 Å². The van der Waals surface area contributed by atoms with Crippen LogP contribution in [0.4, 0.5) is 5.13 Å². The van der Waals surface area contributed by atoms with Crippen molar-refractivity contribution in [2.45, 2.75) is 101 Å². The summed E-state index contributed by atoms with van der Waals surface area (Å²) in [6.07, 6.45) is 4.77. The highest BCUT2D eigenvalue weighted by Gasteiger charge is 2.58. The van der Waals surface area contributed by atoms with E-state index in [1.807, 2.05) is 13.1 Å². The number of β-lactam (4-membered cyclic amide) rings is 1. The fourth-order valence-corrected chi connectivity index (χ4v) is 7.32. The van der Waals surface area contributed by atoms with E-state index in [1.54, 1.807) is 12.1 Å². The minimum atomic E-state index is -5.03. The number of hydrogen-bond acceptors (Lipinski definition) is 14. The normalized spacial score (nSPS) is 25.0. The number of fused-ring (bicyclic) bond motifs is 1. The quantitative estimate of drug-likeness (QED) is 0.0444. The minimum absolute atomic E-state index is 0.0629. The van der Waals surface area contributed by atoms with Crippen LogP contribution in [0.2, 0.25) is 0 Å². The highest BCUT2D eigenvalue weighted by atomic mass is 32.3. The molecule has 8 N–H and O–H groups in total. The summed E-state index contributed by atoms with van der Waals surface area (Å²) in [5.74, 6) is -2.58. The predicted molar refractivity (Wildman–Crippen MR) is 185 cm³/mol. The van der Waals surface area contributed by atoms with E-state index < -0.39 is 57.2 Å². The van der Waals surface area contributed by atoms with Crippen LogP contribution in [0.15, 0.2) is 33.7 Å². The number of aliphatic imine (C=N–C) groups is 1. The Balaban J connectivity index is 1.34. The van der Waals surface area contributed by atoms with E-state index in [0.717, 1.165) is 54.6 Å². The summed E-state index contributed by atoms with van der Waals surface area (Å²) in [5.41, 5.74) is 9.62. The smallest absolute Gasteiger partial charge is 0.418 e.